The fraction of sp³-hybridized carbons (Fsp3) is 0.923. The van der Waals surface area contributed by atoms with E-state index in [1.54, 1.807) is 0 Å². The first-order valence-electron chi connectivity index (χ1n) is 6.74. The summed E-state index contributed by atoms with van der Waals surface area (Å²) in [5.41, 5.74) is -0.492. The molecule has 4 heteroatoms. The molecule has 0 saturated heterocycles. The van der Waals surface area contributed by atoms with Gasteiger partial charge in [0.1, 0.15) is 0 Å². The third-order valence-corrected chi connectivity index (χ3v) is 3.46. The number of carbonyl (C=O) groups excluding carboxylic acids is 1. The van der Waals surface area contributed by atoms with Crippen molar-refractivity contribution >= 4 is 6.03 Å². The number of aliphatic hydroxyl groups excluding tert-OH is 1. The van der Waals surface area contributed by atoms with Crippen molar-refractivity contribution in [3.8, 4) is 0 Å². The largest absolute Gasteiger partial charge is 0.394 e. The van der Waals surface area contributed by atoms with Crippen LogP contribution < -0.4 is 10.6 Å². The van der Waals surface area contributed by atoms with Crippen molar-refractivity contribution in [2.24, 2.45) is 5.92 Å². The summed E-state index contributed by atoms with van der Waals surface area (Å²) in [5.74, 6) is 0.664. The highest BCUT2D eigenvalue weighted by Gasteiger charge is 2.38. The lowest BCUT2D eigenvalue weighted by atomic mass is 9.98. The van der Waals surface area contributed by atoms with Gasteiger partial charge in [0.15, 0.2) is 0 Å². The molecule has 0 bridgehead atoms. The summed E-state index contributed by atoms with van der Waals surface area (Å²) in [7, 11) is 0. The van der Waals surface area contributed by atoms with Gasteiger partial charge in [0, 0.05) is 6.04 Å². The molecule has 2 amide bonds. The van der Waals surface area contributed by atoms with Crippen LogP contribution in [0.5, 0.6) is 0 Å². The van der Waals surface area contributed by atoms with E-state index in [2.05, 4.69) is 17.6 Å². The lowest BCUT2D eigenvalue weighted by Gasteiger charge is -2.28. The van der Waals surface area contributed by atoms with E-state index in [9.17, 15) is 9.90 Å². The Morgan fingerprint density at radius 2 is 2.12 bits per heavy atom. The third-order valence-electron chi connectivity index (χ3n) is 3.46. The number of nitrogens with one attached hydrogen (secondary N) is 2. The quantitative estimate of drug-likeness (QED) is 0.639. The van der Waals surface area contributed by atoms with Gasteiger partial charge in [0.05, 0.1) is 12.1 Å². The van der Waals surface area contributed by atoms with Crippen LogP contribution in [-0.4, -0.2) is 29.3 Å². The van der Waals surface area contributed by atoms with Crippen LogP contribution in [0.4, 0.5) is 4.79 Å². The normalized spacial score (nSPS) is 26.1. The molecular weight excluding hydrogens is 216 g/mol. The van der Waals surface area contributed by atoms with Crippen molar-refractivity contribution < 1.29 is 9.90 Å². The molecule has 3 N–H and O–H groups in total. The number of hydrogen-bond acceptors (Lipinski definition) is 2. The highest BCUT2D eigenvalue weighted by Crippen LogP contribution is 2.34. The van der Waals surface area contributed by atoms with Crippen LogP contribution in [0.3, 0.4) is 0 Å². The Morgan fingerprint density at radius 3 is 2.65 bits per heavy atom. The standard InChI is InChI=1S/C13H26N2O2/c1-4-6-10-8-11(10)14-12(17)15-13(3,9-16)7-5-2/h10-11,16H,4-9H2,1-3H3,(H2,14,15,17). The summed E-state index contributed by atoms with van der Waals surface area (Å²) >= 11 is 0. The Kier molecular flexibility index (Phi) is 5.25. The van der Waals surface area contributed by atoms with Gasteiger partial charge in [-0.3, -0.25) is 0 Å². The number of urea groups is 1. The highest BCUT2D eigenvalue weighted by molar-refractivity contribution is 5.75. The van der Waals surface area contributed by atoms with E-state index < -0.39 is 5.54 Å². The van der Waals surface area contributed by atoms with Crippen molar-refractivity contribution in [3.05, 3.63) is 0 Å². The zero-order valence-corrected chi connectivity index (χ0v) is 11.3. The van der Waals surface area contributed by atoms with Crippen molar-refractivity contribution in [1.29, 1.82) is 0 Å². The van der Waals surface area contributed by atoms with Crippen LogP contribution in [0, 0.1) is 5.92 Å². The van der Waals surface area contributed by atoms with Gasteiger partial charge in [-0.2, -0.15) is 0 Å². The lowest BCUT2D eigenvalue weighted by Crippen LogP contribution is -2.53. The summed E-state index contributed by atoms with van der Waals surface area (Å²) in [6, 6.07) is 0.207. The number of amides is 2. The van der Waals surface area contributed by atoms with Crippen molar-refractivity contribution in [1.82, 2.24) is 10.6 Å². The van der Waals surface area contributed by atoms with Gasteiger partial charge in [0.25, 0.3) is 0 Å². The number of hydrogen-bond donors (Lipinski definition) is 3. The molecule has 0 radical (unpaired) electrons. The van der Waals surface area contributed by atoms with Gasteiger partial charge >= 0.3 is 6.03 Å². The first-order chi connectivity index (χ1) is 8.04. The summed E-state index contributed by atoms with van der Waals surface area (Å²) < 4.78 is 0. The molecule has 0 aromatic rings. The van der Waals surface area contributed by atoms with E-state index in [0.29, 0.717) is 12.0 Å². The van der Waals surface area contributed by atoms with Gasteiger partial charge in [0.2, 0.25) is 0 Å². The monoisotopic (exact) mass is 242 g/mol. The maximum atomic E-state index is 11.8. The predicted molar refractivity (Wildman–Crippen MR) is 68.9 cm³/mol. The first kappa shape index (κ1) is 14.3. The van der Waals surface area contributed by atoms with Crippen molar-refractivity contribution in [2.45, 2.75) is 64.5 Å². The Morgan fingerprint density at radius 1 is 1.41 bits per heavy atom. The Balaban J connectivity index is 2.29. The molecule has 0 aromatic carbocycles. The molecule has 17 heavy (non-hydrogen) atoms. The molecule has 0 heterocycles. The SMILES string of the molecule is CCCC1CC1NC(=O)NC(C)(CO)CCC. The van der Waals surface area contributed by atoms with Crippen LogP contribution in [-0.2, 0) is 0 Å². The summed E-state index contributed by atoms with van der Waals surface area (Å²) in [5, 5.41) is 15.2. The number of aliphatic hydroxyl groups is 1. The van der Waals surface area contributed by atoms with Crippen molar-refractivity contribution in [3.63, 3.8) is 0 Å². The van der Waals surface area contributed by atoms with Crippen LogP contribution in [0.2, 0.25) is 0 Å². The number of carbonyl (C=O) groups is 1. The molecule has 1 fully saturated rings. The van der Waals surface area contributed by atoms with Crippen LogP contribution >= 0.6 is 0 Å². The second-order valence-corrected chi connectivity index (χ2v) is 5.46. The van der Waals surface area contributed by atoms with Gasteiger partial charge in [-0.1, -0.05) is 26.7 Å². The molecule has 4 nitrogen and oxygen atoms in total. The average molecular weight is 242 g/mol. The third kappa shape index (κ3) is 4.54. The van der Waals surface area contributed by atoms with E-state index >= 15 is 0 Å². The van der Waals surface area contributed by atoms with Gasteiger partial charge in [-0.25, -0.2) is 4.79 Å². The topological polar surface area (TPSA) is 61.4 Å². The van der Waals surface area contributed by atoms with Crippen LogP contribution in [0.25, 0.3) is 0 Å². The van der Waals surface area contributed by atoms with Gasteiger partial charge < -0.3 is 15.7 Å². The Hall–Kier alpha value is -0.770. The molecular formula is C13H26N2O2. The molecule has 1 aliphatic carbocycles. The minimum absolute atomic E-state index is 0.0166. The zero-order chi connectivity index (χ0) is 12.9. The maximum Gasteiger partial charge on any atom is 0.315 e. The van der Waals surface area contributed by atoms with Gasteiger partial charge in [-0.05, 0) is 32.1 Å². The molecule has 1 aliphatic rings. The Bertz CT molecular complexity index is 258. The molecule has 3 atom stereocenters. The second kappa shape index (κ2) is 6.24. The summed E-state index contributed by atoms with van der Waals surface area (Å²) in [4.78, 5) is 11.8. The van der Waals surface area contributed by atoms with E-state index in [4.69, 9.17) is 0 Å². The minimum Gasteiger partial charge on any atom is -0.394 e. The van der Waals surface area contributed by atoms with E-state index in [1.807, 2.05) is 13.8 Å². The average Bonchev–Trinajstić information content (AvgIpc) is 2.97. The molecule has 1 rings (SSSR count). The highest BCUT2D eigenvalue weighted by atomic mass is 16.3. The summed E-state index contributed by atoms with van der Waals surface area (Å²) in [6.07, 6.45) is 5.20. The molecule has 0 aliphatic heterocycles. The predicted octanol–water partition coefficient (Wildman–Crippen LogP) is 2.03. The van der Waals surface area contributed by atoms with E-state index in [0.717, 1.165) is 19.3 Å². The van der Waals surface area contributed by atoms with Gasteiger partial charge in [-0.15, -0.1) is 0 Å². The zero-order valence-electron chi connectivity index (χ0n) is 11.3. The fourth-order valence-electron chi connectivity index (χ4n) is 2.33. The van der Waals surface area contributed by atoms with Crippen LogP contribution in [0.1, 0.15) is 52.9 Å². The van der Waals surface area contributed by atoms with E-state index in [1.165, 1.54) is 12.8 Å². The number of rotatable bonds is 7. The summed E-state index contributed by atoms with van der Waals surface area (Å²) in [6.45, 7) is 6.08. The second-order valence-electron chi connectivity index (χ2n) is 5.46. The smallest absolute Gasteiger partial charge is 0.315 e. The maximum absolute atomic E-state index is 11.8. The molecule has 1 saturated carbocycles. The van der Waals surface area contributed by atoms with Crippen molar-refractivity contribution in [2.75, 3.05) is 6.61 Å². The molecule has 0 spiro atoms. The molecule has 3 unspecified atom stereocenters. The minimum atomic E-state index is -0.492. The van der Waals surface area contributed by atoms with E-state index in [-0.39, 0.29) is 12.6 Å². The molecule has 100 valence electrons. The molecule has 0 aromatic heterocycles. The fourth-order valence-corrected chi connectivity index (χ4v) is 2.33. The first-order valence-corrected chi connectivity index (χ1v) is 6.74. The Labute approximate surface area is 104 Å². The van der Waals surface area contributed by atoms with Crippen LogP contribution in [0.15, 0.2) is 0 Å². The lowest BCUT2D eigenvalue weighted by molar-refractivity contribution is 0.163.